The van der Waals surface area contributed by atoms with Gasteiger partial charge in [-0.15, -0.1) is 0 Å². The molecular formula is C11H15NO2. The first-order valence-electron chi connectivity index (χ1n) is 4.70. The number of benzene rings is 1. The average Bonchev–Trinajstić information content (AvgIpc) is 2.25. The largest absolute Gasteiger partial charge is 0.373 e. The van der Waals surface area contributed by atoms with Gasteiger partial charge in [-0.25, -0.2) is 0 Å². The lowest BCUT2D eigenvalue weighted by Crippen LogP contribution is -2.11. The third-order valence-electron chi connectivity index (χ3n) is 1.82. The van der Waals surface area contributed by atoms with Gasteiger partial charge in [0, 0.05) is 12.2 Å². The molecule has 0 saturated carbocycles. The van der Waals surface area contributed by atoms with E-state index in [0.717, 1.165) is 6.42 Å². The van der Waals surface area contributed by atoms with Crippen LogP contribution in [0.15, 0.2) is 30.3 Å². The Labute approximate surface area is 83.9 Å². The van der Waals surface area contributed by atoms with E-state index >= 15 is 0 Å². The Balaban J connectivity index is 2.29. The topological polar surface area (TPSA) is 52.3 Å². The first-order chi connectivity index (χ1) is 6.84. The van der Waals surface area contributed by atoms with Crippen molar-refractivity contribution >= 4 is 5.78 Å². The Kier molecular flexibility index (Phi) is 4.89. The van der Waals surface area contributed by atoms with E-state index in [1.54, 1.807) is 12.1 Å². The zero-order chi connectivity index (χ0) is 10.2. The summed E-state index contributed by atoms with van der Waals surface area (Å²) in [6.45, 7) is 1.29. The Morgan fingerprint density at radius 1 is 1.29 bits per heavy atom. The van der Waals surface area contributed by atoms with Crippen LogP contribution in [0.4, 0.5) is 0 Å². The van der Waals surface area contributed by atoms with Crippen molar-refractivity contribution in [1.82, 2.24) is 0 Å². The monoisotopic (exact) mass is 193 g/mol. The Morgan fingerprint density at radius 3 is 2.64 bits per heavy atom. The normalized spacial score (nSPS) is 10.1. The van der Waals surface area contributed by atoms with E-state index in [0.29, 0.717) is 18.7 Å². The molecule has 0 aliphatic rings. The van der Waals surface area contributed by atoms with Gasteiger partial charge >= 0.3 is 0 Å². The van der Waals surface area contributed by atoms with Gasteiger partial charge in [0.25, 0.3) is 0 Å². The van der Waals surface area contributed by atoms with Gasteiger partial charge in [0.1, 0.15) is 6.61 Å². The van der Waals surface area contributed by atoms with Crippen molar-refractivity contribution in [3.63, 3.8) is 0 Å². The smallest absolute Gasteiger partial charge is 0.188 e. The third-order valence-corrected chi connectivity index (χ3v) is 1.82. The van der Waals surface area contributed by atoms with Crippen LogP contribution in [0.3, 0.4) is 0 Å². The van der Waals surface area contributed by atoms with Crippen LogP contribution in [0.5, 0.6) is 0 Å². The van der Waals surface area contributed by atoms with Crippen molar-refractivity contribution in [2.24, 2.45) is 5.73 Å². The number of carbonyl (C=O) groups excluding carboxylic acids is 1. The second kappa shape index (κ2) is 6.29. The minimum atomic E-state index is 0.0163. The van der Waals surface area contributed by atoms with Gasteiger partial charge in [-0.05, 0) is 13.0 Å². The highest BCUT2D eigenvalue weighted by Gasteiger charge is 2.03. The molecule has 1 rings (SSSR count). The fraction of sp³-hybridized carbons (Fsp3) is 0.364. The summed E-state index contributed by atoms with van der Waals surface area (Å²) in [5.41, 5.74) is 5.99. The van der Waals surface area contributed by atoms with Crippen molar-refractivity contribution in [3.05, 3.63) is 35.9 Å². The summed E-state index contributed by atoms with van der Waals surface area (Å²) >= 11 is 0. The molecule has 14 heavy (non-hydrogen) atoms. The van der Waals surface area contributed by atoms with Crippen molar-refractivity contribution in [1.29, 1.82) is 0 Å². The lowest BCUT2D eigenvalue weighted by Gasteiger charge is -2.02. The second-order valence-corrected chi connectivity index (χ2v) is 2.98. The van der Waals surface area contributed by atoms with E-state index < -0.39 is 0 Å². The van der Waals surface area contributed by atoms with Crippen LogP contribution in [0.25, 0.3) is 0 Å². The summed E-state index contributed by atoms with van der Waals surface area (Å²) in [6.07, 6.45) is 0.794. The van der Waals surface area contributed by atoms with Crippen LogP contribution >= 0.6 is 0 Å². The summed E-state index contributed by atoms with van der Waals surface area (Å²) in [5, 5.41) is 0. The number of ether oxygens (including phenoxy) is 1. The molecule has 0 amide bonds. The van der Waals surface area contributed by atoms with Crippen molar-refractivity contribution in [2.45, 2.75) is 6.42 Å². The molecule has 0 saturated heterocycles. The van der Waals surface area contributed by atoms with Gasteiger partial charge < -0.3 is 10.5 Å². The summed E-state index contributed by atoms with van der Waals surface area (Å²) < 4.78 is 5.16. The molecule has 0 aliphatic carbocycles. The van der Waals surface area contributed by atoms with Crippen LogP contribution in [0, 0.1) is 0 Å². The number of rotatable bonds is 6. The number of Topliss-reactive ketones (excluding diaryl/α,β-unsaturated/α-hetero) is 1. The zero-order valence-electron chi connectivity index (χ0n) is 8.11. The van der Waals surface area contributed by atoms with Gasteiger partial charge in [0.05, 0.1) is 0 Å². The van der Waals surface area contributed by atoms with Gasteiger partial charge in [-0.3, -0.25) is 4.79 Å². The first kappa shape index (κ1) is 10.9. The Bertz CT molecular complexity index is 272. The minimum Gasteiger partial charge on any atom is -0.373 e. The fourth-order valence-corrected chi connectivity index (χ4v) is 1.06. The van der Waals surface area contributed by atoms with Crippen molar-refractivity contribution < 1.29 is 9.53 Å². The van der Waals surface area contributed by atoms with E-state index in [1.165, 1.54) is 0 Å². The SMILES string of the molecule is NCCCOCC(=O)c1ccccc1. The molecule has 0 spiro atoms. The van der Waals surface area contributed by atoms with Crippen LogP contribution < -0.4 is 5.73 Å². The van der Waals surface area contributed by atoms with E-state index in [4.69, 9.17) is 10.5 Å². The maximum absolute atomic E-state index is 11.5. The maximum Gasteiger partial charge on any atom is 0.188 e. The number of hydrogen-bond acceptors (Lipinski definition) is 3. The third kappa shape index (κ3) is 3.68. The molecule has 0 atom stereocenters. The lowest BCUT2D eigenvalue weighted by atomic mass is 10.1. The molecular weight excluding hydrogens is 178 g/mol. The van der Waals surface area contributed by atoms with Gasteiger partial charge in [-0.1, -0.05) is 30.3 Å². The molecule has 0 radical (unpaired) electrons. The molecule has 1 aromatic rings. The first-order valence-corrected chi connectivity index (χ1v) is 4.70. The molecule has 0 aromatic heterocycles. The summed E-state index contributed by atoms with van der Waals surface area (Å²) in [4.78, 5) is 11.5. The van der Waals surface area contributed by atoms with Gasteiger partial charge in [-0.2, -0.15) is 0 Å². The van der Waals surface area contributed by atoms with Gasteiger partial charge in [0.15, 0.2) is 5.78 Å². The average molecular weight is 193 g/mol. The fourth-order valence-electron chi connectivity index (χ4n) is 1.06. The molecule has 3 nitrogen and oxygen atoms in total. The minimum absolute atomic E-state index is 0.0163. The van der Waals surface area contributed by atoms with E-state index in [-0.39, 0.29) is 12.4 Å². The molecule has 3 heteroatoms. The highest BCUT2D eigenvalue weighted by molar-refractivity contribution is 5.96. The van der Waals surface area contributed by atoms with E-state index in [2.05, 4.69) is 0 Å². The predicted molar refractivity (Wildman–Crippen MR) is 55.3 cm³/mol. The van der Waals surface area contributed by atoms with Crippen LogP contribution in [0.1, 0.15) is 16.8 Å². The number of carbonyl (C=O) groups is 1. The molecule has 76 valence electrons. The molecule has 0 unspecified atom stereocenters. The highest BCUT2D eigenvalue weighted by Crippen LogP contribution is 2.00. The summed E-state index contributed by atoms with van der Waals surface area (Å²) in [5.74, 6) is 0.0163. The zero-order valence-corrected chi connectivity index (χ0v) is 8.11. The Hall–Kier alpha value is -1.19. The number of ketones is 1. The molecule has 2 N–H and O–H groups in total. The van der Waals surface area contributed by atoms with Crippen molar-refractivity contribution in [2.75, 3.05) is 19.8 Å². The van der Waals surface area contributed by atoms with Crippen LogP contribution in [-0.4, -0.2) is 25.5 Å². The van der Waals surface area contributed by atoms with Gasteiger partial charge in [0.2, 0.25) is 0 Å². The number of hydrogen-bond donors (Lipinski definition) is 1. The summed E-state index contributed by atoms with van der Waals surface area (Å²) in [7, 11) is 0. The standard InChI is InChI=1S/C11H15NO2/c12-7-4-8-14-9-11(13)10-5-2-1-3-6-10/h1-3,5-6H,4,7-9,12H2. The number of nitrogens with two attached hydrogens (primary N) is 1. The predicted octanol–water partition coefficient (Wildman–Crippen LogP) is 1.23. The molecule has 0 heterocycles. The Morgan fingerprint density at radius 2 is 2.00 bits per heavy atom. The molecule has 0 fully saturated rings. The lowest BCUT2D eigenvalue weighted by molar-refractivity contribution is 0.0758. The van der Waals surface area contributed by atoms with E-state index in [1.807, 2.05) is 18.2 Å². The van der Waals surface area contributed by atoms with Crippen molar-refractivity contribution in [3.8, 4) is 0 Å². The maximum atomic E-state index is 11.5. The quantitative estimate of drug-likeness (QED) is 0.546. The highest BCUT2D eigenvalue weighted by atomic mass is 16.5. The molecule has 0 aliphatic heterocycles. The van der Waals surface area contributed by atoms with E-state index in [9.17, 15) is 4.79 Å². The van der Waals surface area contributed by atoms with Crippen LogP contribution in [0.2, 0.25) is 0 Å². The second-order valence-electron chi connectivity index (χ2n) is 2.98. The molecule has 0 bridgehead atoms. The van der Waals surface area contributed by atoms with Crippen LogP contribution in [-0.2, 0) is 4.74 Å². The molecule has 1 aromatic carbocycles. The summed E-state index contributed by atoms with van der Waals surface area (Å²) in [6, 6.07) is 9.13.